The lowest BCUT2D eigenvalue weighted by Crippen LogP contribution is -2.19. The van der Waals surface area contributed by atoms with Crippen LogP contribution in [0.5, 0.6) is 0 Å². The van der Waals surface area contributed by atoms with Gasteiger partial charge in [-0.3, -0.25) is 0 Å². The molecule has 2 N–H and O–H groups in total. The van der Waals surface area contributed by atoms with Gasteiger partial charge in [0.15, 0.2) is 11.5 Å². The standard InChI is InChI=1S/C11H16N6/c1-17-3-2-8(5-17)4-12-10-9-11(14-6-13-9)16-7-15-10/h6-8H,2-5H2,1H3,(H2,12,13,14,15,16). The molecule has 1 unspecified atom stereocenters. The Morgan fingerprint density at radius 1 is 1.47 bits per heavy atom. The van der Waals surface area contributed by atoms with Gasteiger partial charge in [-0.1, -0.05) is 0 Å². The number of aromatic amines is 1. The van der Waals surface area contributed by atoms with Gasteiger partial charge in [-0.2, -0.15) is 0 Å². The predicted molar refractivity (Wildman–Crippen MR) is 65.8 cm³/mol. The van der Waals surface area contributed by atoms with Gasteiger partial charge in [0.1, 0.15) is 11.8 Å². The Labute approximate surface area is 99.5 Å². The lowest BCUT2D eigenvalue weighted by atomic mass is 10.1. The number of fused-ring (bicyclic) bond motifs is 1. The lowest BCUT2D eigenvalue weighted by Gasteiger charge is -2.12. The Hall–Kier alpha value is -1.69. The summed E-state index contributed by atoms with van der Waals surface area (Å²) in [6.07, 6.45) is 4.45. The van der Waals surface area contributed by atoms with E-state index in [2.05, 4.69) is 37.2 Å². The minimum Gasteiger partial charge on any atom is -0.368 e. The van der Waals surface area contributed by atoms with Crippen molar-refractivity contribution < 1.29 is 0 Å². The zero-order chi connectivity index (χ0) is 11.7. The molecule has 0 bridgehead atoms. The van der Waals surface area contributed by atoms with Crippen LogP contribution in [0.2, 0.25) is 0 Å². The molecule has 2 aromatic heterocycles. The molecule has 3 heterocycles. The maximum Gasteiger partial charge on any atom is 0.182 e. The van der Waals surface area contributed by atoms with Crippen LogP contribution >= 0.6 is 0 Å². The largest absolute Gasteiger partial charge is 0.368 e. The molecule has 1 atom stereocenters. The summed E-state index contributed by atoms with van der Waals surface area (Å²) in [6, 6.07) is 0. The first-order valence-corrected chi connectivity index (χ1v) is 5.89. The van der Waals surface area contributed by atoms with E-state index in [1.165, 1.54) is 13.0 Å². The molecule has 0 aromatic carbocycles. The first-order valence-electron chi connectivity index (χ1n) is 5.89. The van der Waals surface area contributed by atoms with Crippen molar-refractivity contribution in [1.82, 2.24) is 24.8 Å². The molecular weight excluding hydrogens is 216 g/mol. The molecule has 1 aliphatic rings. The van der Waals surface area contributed by atoms with Crippen LogP contribution in [-0.4, -0.2) is 51.5 Å². The van der Waals surface area contributed by atoms with E-state index in [0.29, 0.717) is 11.6 Å². The molecule has 2 aromatic rings. The summed E-state index contributed by atoms with van der Waals surface area (Å²) in [7, 11) is 2.16. The van der Waals surface area contributed by atoms with Crippen molar-refractivity contribution in [3.8, 4) is 0 Å². The molecule has 0 saturated carbocycles. The summed E-state index contributed by atoms with van der Waals surface area (Å²) in [4.78, 5) is 17.9. The summed E-state index contributed by atoms with van der Waals surface area (Å²) < 4.78 is 0. The SMILES string of the molecule is CN1CCC(CNc2ncnc3nc[nH]c23)C1. The molecule has 3 rings (SSSR count). The summed E-state index contributed by atoms with van der Waals surface area (Å²) in [6.45, 7) is 3.30. The third-order valence-electron chi connectivity index (χ3n) is 3.27. The second-order valence-electron chi connectivity index (χ2n) is 4.62. The molecule has 0 amide bonds. The van der Waals surface area contributed by atoms with Gasteiger partial charge in [-0.25, -0.2) is 15.0 Å². The average Bonchev–Trinajstić information content (AvgIpc) is 2.94. The molecule has 1 aliphatic heterocycles. The molecule has 17 heavy (non-hydrogen) atoms. The fraction of sp³-hybridized carbons (Fsp3) is 0.545. The number of hydrogen-bond acceptors (Lipinski definition) is 5. The van der Waals surface area contributed by atoms with Gasteiger partial charge in [0.05, 0.1) is 6.33 Å². The number of likely N-dealkylation sites (tertiary alicyclic amines) is 1. The van der Waals surface area contributed by atoms with Crippen LogP contribution in [0.1, 0.15) is 6.42 Å². The normalized spacial score (nSPS) is 21.1. The highest BCUT2D eigenvalue weighted by Gasteiger charge is 2.19. The number of aromatic nitrogens is 4. The van der Waals surface area contributed by atoms with Crippen LogP contribution in [0, 0.1) is 5.92 Å². The molecule has 0 spiro atoms. The molecule has 1 fully saturated rings. The Morgan fingerprint density at radius 2 is 2.41 bits per heavy atom. The maximum atomic E-state index is 4.25. The van der Waals surface area contributed by atoms with Crippen LogP contribution in [0.15, 0.2) is 12.7 Å². The third-order valence-corrected chi connectivity index (χ3v) is 3.27. The second-order valence-corrected chi connectivity index (χ2v) is 4.62. The molecular formula is C11H16N6. The van der Waals surface area contributed by atoms with Crippen molar-refractivity contribution in [2.75, 3.05) is 32.0 Å². The van der Waals surface area contributed by atoms with Gasteiger partial charge < -0.3 is 15.2 Å². The first kappa shape index (κ1) is 10.5. The van der Waals surface area contributed by atoms with E-state index >= 15 is 0 Å². The van der Waals surface area contributed by atoms with Crippen LogP contribution in [0.25, 0.3) is 11.2 Å². The number of nitrogens with zero attached hydrogens (tertiary/aromatic N) is 4. The average molecular weight is 232 g/mol. The highest BCUT2D eigenvalue weighted by molar-refractivity contribution is 5.81. The Bertz CT molecular complexity index is 507. The summed E-state index contributed by atoms with van der Waals surface area (Å²) in [5.74, 6) is 1.55. The molecule has 0 aliphatic carbocycles. The van der Waals surface area contributed by atoms with Crippen LogP contribution < -0.4 is 5.32 Å². The quantitative estimate of drug-likeness (QED) is 0.816. The maximum absolute atomic E-state index is 4.25. The Morgan fingerprint density at radius 3 is 3.24 bits per heavy atom. The van der Waals surface area contributed by atoms with Crippen molar-refractivity contribution in [3.05, 3.63) is 12.7 Å². The van der Waals surface area contributed by atoms with E-state index in [1.807, 2.05) is 0 Å². The summed E-state index contributed by atoms with van der Waals surface area (Å²) in [5, 5.41) is 3.39. The number of hydrogen-bond donors (Lipinski definition) is 2. The van der Waals surface area contributed by atoms with Gasteiger partial charge >= 0.3 is 0 Å². The molecule has 90 valence electrons. The number of imidazole rings is 1. The van der Waals surface area contributed by atoms with Crippen LogP contribution in [0.3, 0.4) is 0 Å². The predicted octanol–water partition coefficient (Wildman–Crippen LogP) is 0.716. The van der Waals surface area contributed by atoms with Gasteiger partial charge in [-0.05, 0) is 25.9 Å². The van der Waals surface area contributed by atoms with E-state index < -0.39 is 0 Å². The Kier molecular flexibility index (Phi) is 2.64. The van der Waals surface area contributed by atoms with Crippen molar-refractivity contribution in [2.24, 2.45) is 5.92 Å². The van der Waals surface area contributed by atoms with Gasteiger partial charge in [0, 0.05) is 13.1 Å². The van der Waals surface area contributed by atoms with Crippen molar-refractivity contribution in [2.45, 2.75) is 6.42 Å². The zero-order valence-electron chi connectivity index (χ0n) is 9.85. The number of rotatable bonds is 3. The number of H-pyrrole nitrogens is 1. The van der Waals surface area contributed by atoms with E-state index in [1.54, 1.807) is 12.7 Å². The van der Waals surface area contributed by atoms with E-state index in [0.717, 1.165) is 24.4 Å². The van der Waals surface area contributed by atoms with Crippen LogP contribution in [-0.2, 0) is 0 Å². The highest BCUT2D eigenvalue weighted by atomic mass is 15.1. The van der Waals surface area contributed by atoms with Crippen molar-refractivity contribution >= 4 is 17.0 Å². The van der Waals surface area contributed by atoms with Gasteiger partial charge in [-0.15, -0.1) is 0 Å². The second kappa shape index (κ2) is 4.29. The van der Waals surface area contributed by atoms with Gasteiger partial charge in [0.2, 0.25) is 0 Å². The van der Waals surface area contributed by atoms with Crippen LogP contribution in [0.4, 0.5) is 5.82 Å². The summed E-state index contributed by atoms with van der Waals surface area (Å²) in [5.41, 5.74) is 1.60. The fourth-order valence-electron chi connectivity index (χ4n) is 2.33. The minimum absolute atomic E-state index is 0.702. The fourth-order valence-corrected chi connectivity index (χ4v) is 2.33. The molecule has 6 nitrogen and oxygen atoms in total. The molecule has 1 saturated heterocycles. The molecule has 6 heteroatoms. The van der Waals surface area contributed by atoms with E-state index in [-0.39, 0.29) is 0 Å². The van der Waals surface area contributed by atoms with Crippen molar-refractivity contribution in [3.63, 3.8) is 0 Å². The third kappa shape index (κ3) is 2.08. The highest BCUT2D eigenvalue weighted by Crippen LogP contribution is 2.18. The zero-order valence-corrected chi connectivity index (χ0v) is 9.85. The van der Waals surface area contributed by atoms with Crippen molar-refractivity contribution in [1.29, 1.82) is 0 Å². The topological polar surface area (TPSA) is 69.7 Å². The van der Waals surface area contributed by atoms with E-state index in [9.17, 15) is 0 Å². The summed E-state index contributed by atoms with van der Waals surface area (Å²) >= 11 is 0. The molecule has 0 radical (unpaired) electrons. The van der Waals surface area contributed by atoms with Gasteiger partial charge in [0.25, 0.3) is 0 Å². The Balaban J connectivity index is 1.70. The smallest absolute Gasteiger partial charge is 0.182 e. The lowest BCUT2D eigenvalue weighted by molar-refractivity contribution is 0.399. The number of nitrogens with one attached hydrogen (secondary N) is 2. The first-order chi connectivity index (χ1) is 8.33. The number of anilines is 1. The van der Waals surface area contributed by atoms with E-state index in [4.69, 9.17) is 0 Å². The monoisotopic (exact) mass is 232 g/mol. The minimum atomic E-state index is 0.702.